The Morgan fingerprint density at radius 2 is 1.09 bits per heavy atom. The second-order valence-corrected chi connectivity index (χ2v) is 35.0. The number of allylic oxidation sites excluding steroid dienone is 2. The summed E-state index contributed by atoms with van der Waals surface area (Å²) < 4.78 is 21.8. The highest BCUT2D eigenvalue weighted by molar-refractivity contribution is 8.13. The molecular formula is C58H91NO11S2Si2. The molecule has 0 fully saturated rings. The van der Waals surface area contributed by atoms with Gasteiger partial charge < -0.3 is 29.4 Å². The summed E-state index contributed by atoms with van der Waals surface area (Å²) >= 11 is 2.66. The summed E-state index contributed by atoms with van der Waals surface area (Å²) in [6, 6.07) is 16.9. The molecule has 0 radical (unpaired) electrons. The van der Waals surface area contributed by atoms with Crippen molar-refractivity contribution >= 4 is 73.9 Å². The summed E-state index contributed by atoms with van der Waals surface area (Å²) in [5, 5.41) is 12.8. The molecule has 2 aromatic carbocycles. The van der Waals surface area contributed by atoms with Crippen molar-refractivity contribution in [3.05, 3.63) is 84.0 Å². The lowest BCUT2D eigenvalue weighted by Gasteiger charge is -2.20. The van der Waals surface area contributed by atoms with Gasteiger partial charge in [-0.3, -0.25) is 19.2 Å². The van der Waals surface area contributed by atoms with E-state index in [0.29, 0.717) is 44.6 Å². The Morgan fingerprint density at radius 1 is 0.635 bits per heavy atom. The second kappa shape index (κ2) is 37.7. The van der Waals surface area contributed by atoms with Gasteiger partial charge in [-0.05, 0) is 73.0 Å². The highest BCUT2D eigenvalue weighted by Crippen LogP contribution is 2.44. The van der Waals surface area contributed by atoms with Crippen LogP contribution in [0, 0.1) is 0 Å². The van der Waals surface area contributed by atoms with E-state index in [2.05, 4.69) is 70.6 Å². The minimum atomic E-state index is -1.38. The third-order valence-electron chi connectivity index (χ3n) is 12.0. The predicted molar refractivity (Wildman–Crippen MR) is 310 cm³/mol. The second-order valence-electron chi connectivity index (χ2n) is 21.4. The smallest absolute Gasteiger partial charge is 0.407 e. The van der Waals surface area contributed by atoms with Crippen molar-refractivity contribution in [1.29, 1.82) is 0 Å². The van der Waals surface area contributed by atoms with Gasteiger partial charge in [0.05, 0.1) is 32.2 Å². The summed E-state index contributed by atoms with van der Waals surface area (Å²) in [6.45, 7) is 20.1. The van der Waals surface area contributed by atoms with E-state index in [-0.39, 0.29) is 41.6 Å². The molecule has 12 nitrogen and oxygen atoms in total. The predicted octanol–water partition coefficient (Wildman–Crippen LogP) is 13.8. The first kappa shape index (κ1) is 66.1. The van der Waals surface area contributed by atoms with Gasteiger partial charge >= 0.3 is 24.0 Å². The van der Waals surface area contributed by atoms with Crippen LogP contribution in [0.5, 0.6) is 0 Å². The van der Waals surface area contributed by atoms with Gasteiger partial charge in [0.25, 0.3) is 0 Å². The number of rotatable bonds is 35. The Labute approximate surface area is 455 Å². The monoisotopic (exact) mass is 1100 g/mol. The van der Waals surface area contributed by atoms with Crippen LogP contribution in [0.25, 0.3) is 11.1 Å². The van der Waals surface area contributed by atoms with E-state index in [1.54, 1.807) is 12.2 Å². The van der Waals surface area contributed by atoms with Crippen LogP contribution in [0.2, 0.25) is 51.4 Å². The van der Waals surface area contributed by atoms with Crippen molar-refractivity contribution < 1.29 is 52.8 Å². The van der Waals surface area contributed by atoms with E-state index in [0.717, 1.165) is 72.2 Å². The van der Waals surface area contributed by atoms with Gasteiger partial charge in [-0.2, -0.15) is 0 Å². The number of carbonyl (C=O) groups is 6. The lowest BCUT2D eigenvalue weighted by Crippen LogP contribution is -2.41. The fraction of sp³-hybridized carbons (Fsp3) is 0.621. The molecule has 414 valence electrons. The maximum Gasteiger partial charge on any atom is 0.407 e. The van der Waals surface area contributed by atoms with Crippen molar-refractivity contribution in [3.8, 4) is 11.1 Å². The Kier molecular flexibility index (Phi) is 33.7. The molecule has 0 spiro atoms. The third kappa shape index (κ3) is 31.2. The van der Waals surface area contributed by atoms with Crippen LogP contribution in [0.15, 0.2) is 72.8 Å². The maximum absolute atomic E-state index is 13.0. The molecule has 0 saturated heterocycles. The topological polar surface area (TPSA) is 172 Å². The minimum Gasteiger partial charge on any atom is -0.466 e. The summed E-state index contributed by atoms with van der Waals surface area (Å²) in [6.07, 6.45) is 18.3. The van der Waals surface area contributed by atoms with Crippen LogP contribution in [-0.2, 0) is 42.9 Å². The van der Waals surface area contributed by atoms with Gasteiger partial charge in [-0.25, -0.2) is 9.59 Å². The molecular weight excluding hydrogens is 1010 g/mol. The Morgan fingerprint density at radius 3 is 1.58 bits per heavy atom. The molecule has 74 heavy (non-hydrogen) atoms. The number of unbranched alkanes of at least 4 members (excludes halogenated alkanes) is 8. The fourth-order valence-electron chi connectivity index (χ4n) is 7.61. The van der Waals surface area contributed by atoms with E-state index in [4.69, 9.17) is 18.9 Å². The maximum atomic E-state index is 13.0. The molecule has 1 aliphatic carbocycles. The summed E-state index contributed by atoms with van der Waals surface area (Å²) in [5.74, 6) is -0.288. The van der Waals surface area contributed by atoms with Gasteiger partial charge in [-0.15, -0.1) is 0 Å². The zero-order valence-electron chi connectivity index (χ0n) is 46.3. The molecule has 0 saturated carbocycles. The number of fused-ring (bicyclic) bond motifs is 3. The standard InChI is InChI=1S/C38H53NO7SSi.C20H38O4SSi/c1-6-7-8-9-10-22-36(41)47-24-16-15-17-29(26-35(40)44-23-25-48(3,4)5)46-37(42)28(2)39-38(43)45-27-34-32-20-13-11-18-30(32)31-19-12-14-21-33(31)34;1-5-6-7-8-9-13-20(23)25-15-11-10-12-18(21)17-19(22)24-14-16-26(2,3)4/h11-15,17-21,28-29,34H,6-10,16,22-27H2,1-5H3,(H,39,43);10,12,18,21H,5-9,11,13-17H2,1-4H3/b17-15+;12-10+/t28-,29+;18-/m01/s1. The number of ether oxygens (including phenoxy) is 4. The van der Waals surface area contributed by atoms with Gasteiger partial charge in [0.2, 0.25) is 0 Å². The van der Waals surface area contributed by atoms with Crippen molar-refractivity contribution in [2.24, 2.45) is 0 Å². The SMILES string of the molecule is CCCCCCCC(=O)SCC/C=C/[C@@H](O)CC(=O)OCC[Si](C)(C)C.CCCCCCCC(=O)SCC/C=C/[C@H](CC(=O)OCC[Si](C)(C)C)OC(=O)[C@H](C)NC(=O)OCC1c2ccccc2-c2ccccc21. The number of amides is 1. The zero-order valence-corrected chi connectivity index (χ0v) is 50.0. The van der Waals surface area contributed by atoms with Gasteiger partial charge in [0.1, 0.15) is 18.8 Å². The zero-order chi connectivity index (χ0) is 54.8. The molecule has 1 aliphatic rings. The fourth-order valence-corrected chi connectivity index (χ4v) is 10.6. The van der Waals surface area contributed by atoms with E-state index in [9.17, 15) is 33.9 Å². The van der Waals surface area contributed by atoms with Crippen LogP contribution in [0.4, 0.5) is 4.79 Å². The van der Waals surface area contributed by atoms with Gasteiger partial charge in [-0.1, -0.05) is 195 Å². The molecule has 0 unspecified atom stereocenters. The van der Waals surface area contributed by atoms with Crippen LogP contribution in [0.3, 0.4) is 0 Å². The molecule has 3 rings (SSSR count). The molecule has 0 aromatic heterocycles. The average Bonchev–Trinajstić information content (AvgIpc) is 3.65. The van der Waals surface area contributed by atoms with Gasteiger partial charge in [0, 0.05) is 46.4 Å². The van der Waals surface area contributed by atoms with Crippen molar-refractivity contribution in [3.63, 3.8) is 0 Å². The van der Waals surface area contributed by atoms with Crippen LogP contribution in [0.1, 0.15) is 141 Å². The Bertz CT molecular complexity index is 2010. The number of aliphatic hydroxyl groups excluding tert-OH is 1. The number of alkyl carbamates (subject to hydrolysis) is 1. The number of aliphatic hydroxyl groups is 1. The van der Waals surface area contributed by atoms with Crippen molar-refractivity contribution in [2.45, 2.75) is 199 Å². The number of nitrogens with one attached hydrogen (secondary N) is 1. The molecule has 2 N–H and O–H groups in total. The first-order chi connectivity index (χ1) is 35.2. The minimum absolute atomic E-state index is 0.00790. The number of hydrogen-bond acceptors (Lipinski definition) is 13. The van der Waals surface area contributed by atoms with Crippen molar-refractivity contribution in [2.75, 3.05) is 31.3 Å². The Hall–Kier alpha value is -3.97. The highest BCUT2D eigenvalue weighted by atomic mass is 32.2. The summed E-state index contributed by atoms with van der Waals surface area (Å²) in [7, 11) is -2.59. The van der Waals surface area contributed by atoms with E-state index in [1.165, 1.54) is 62.6 Å². The van der Waals surface area contributed by atoms with Crippen LogP contribution >= 0.6 is 23.5 Å². The molecule has 0 heterocycles. The highest BCUT2D eigenvalue weighted by Gasteiger charge is 2.30. The van der Waals surface area contributed by atoms with Crippen molar-refractivity contribution in [1.82, 2.24) is 5.32 Å². The van der Waals surface area contributed by atoms with E-state index in [1.807, 2.05) is 48.6 Å². The number of benzene rings is 2. The summed E-state index contributed by atoms with van der Waals surface area (Å²) in [4.78, 5) is 74.0. The Balaban J connectivity index is 0.000000611. The largest absolute Gasteiger partial charge is 0.466 e. The molecule has 1 amide bonds. The van der Waals surface area contributed by atoms with Crippen LogP contribution in [-0.4, -0.2) is 105 Å². The number of thioether (sulfide) groups is 2. The molecule has 2 aromatic rings. The normalized spacial score (nSPS) is 13.5. The van der Waals surface area contributed by atoms with Gasteiger partial charge in [0.15, 0.2) is 10.2 Å². The number of carbonyl (C=O) groups excluding carboxylic acids is 6. The first-order valence-electron chi connectivity index (χ1n) is 27.2. The average molecular weight is 1100 g/mol. The third-order valence-corrected chi connectivity index (χ3v) is 17.4. The lowest BCUT2D eigenvalue weighted by molar-refractivity contribution is -0.154. The lowest BCUT2D eigenvalue weighted by atomic mass is 9.98. The number of hydrogen-bond donors (Lipinski definition) is 2. The number of esters is 3. The van der Waals surface area contributed by atoms with E-state index >= 15 is 0 Å². The van der Waals surface area contributed by atoms with Crippen LogP contribution < -0.4 is 5.32 Å². The van der Waals surface area contributed by atoms with E-state index < -0.39 is 52.4 Å². The molecule has 3 atom stereocenters. The molecule has 16 heteroatoms. The summed E-state index contributed by atoms with van der Waals surface area (Å²) in [5.41, 5.74) is 4.44. The molecule has 0 aliphatic heterocycles. The first-order valence-corrected chi connectivity index (χ1v) is 36.6. The quantitative estimate of drug-likeness (QED) is 0.0220. The molecule has 0 bridgehead atoms.